The molecule has 25 heavy (non-hydrogen) atoms. The molecule has 1 heterocycles. The Balaban J connectivity index is 1.80. The average Bonchev–Trinajstić information content (AvgIpc) is 2.85. The van der Waals surface area contributed by atoms with Gasteiger partial charge >= 0.3 is 0 Å². The van der Waals surface area contributed by atoms with Gasteiger partial charge in [-0.25, -0.2) is 4.39 Å². The van der Waals surface area contributed by atoms with Gasteiger partial charge in [0.1, 0.15) is 5.82 Å². The number of rotatable bonds is 8. The van der Waals surface area contributed by atoms with Crippen LogP contribution in [0.2, 0.25) is 0 Å². The third-order valence-electron chi connectivity index (χ3n) is 4.19. The van der Waals surface area contributed by atoms with Gasteiger partial charge in [0.05, 0.1) is 24.7 Å². The van der Waals surface area contributed by atoms with E-state index in [1.54, 1.807) is 6.07 Å². The molecule has 0 fully saturated rings. The van der Waals surface area contributed by atoms with Crippen molar-refractivity contribution in [3.05, 3.63) is 52.6 Å². The summed E-state index contributed by atoms with van der Waals surface area (Å²) in [5.74, 6) is -0.289. The van der Waals surface area contributed by atoms with E-state index >= 15 is 0 Å². The normalized spacial score (nSPS) is 10.5. The quantitative estimate of drug-likeness (QED) is 0.802. The third kappa shape index (κ3) is 5.42. The van der Waals surface area contributed by atoms with Crippen molar-refractivity contribution in [2.45, 2.75) is 46.1 Å². The van der Waals surface area contributed by atoms with Crippen LogP contribution in [-0.4, -0.2) is 22.2 Å². The summed E-state index contributed by atoms with van der Waals surface area (Å²) in [6, 6.07) is 8.51. The van der Waals surface area contributed by atoms with Crippen LogP contribution in [-0.2, 0) is 24.2 Å². The highest BCUT2D eigenvalue weighted by Gasteiger charge is 2.12. The van der Waals surface area contributed by atoms with Crippen molar-refractivity contribution >= 4 is 5.91 Å². The van der Waals surface area contributed by atoms with Gasteiger partial charge in [0.2, 0.25) is 5.91 Å². The molecule has 0 bridgehead atoms. The predicted molar refractivity (Wildman–Crippen MR) is 93.4 cm³/mol. The maximum atomic E-state index is 13.1. The smallest absolute Gasteiger partial charge is 0.220 e. The van der Waals surface area contributed by atoms with Crippen LogP contribution >= 0.6 is 0 Å². The number of benzene rings is 1. The molecule has 1 N–H and O–H groups in total. The van der Waals surface area contributed by atoms with Crippen LogP contribution in [0.3, 0.4) is 0 Å². The number of hydrogen-bond donors (Lipinski definition) is 1. The highest BCUT2D eigenvalue weighted by Crippen LogP contribution is 2.15. The summed E-state index contributed by atoms with van der Waals surface area (Å²) in [6.45, 7) is 4.95. The molecule has 2 rings (SSSR count). The molecule has 1 amide bonds. The number of nitriles is 1. The first-order chi connectivity index (χ1) is 12.0. The summed E-state index contributed by atoms with van der Waals surface area (Å²) in [4.78, 5) is 12.0. The Labute approximate surface area is 147 Å². The van der Waals surface area contributed by atoms with Crippen LogP contribution in [0.15, 0.2) is 24.3 Å². The molecule has 2 aromatic rings. The molecule has 6 heteroatoms. The van der Waals surface area contributed by atoms with E-state index in [0.29, 0.717) is 38.8 Å². The van der Waals surface area contributed by atoms with Crippen LogP contribution in [0.4, 0.5) is 4.39 Å². The van der Waals surface area contributed by atoms with E-state index in [0.717, 1.165) is 22.5 Å². The van der Waals surface area contributed by atoms with Crippen LogP contribution in [0.5, 0.6) is 0 Å². The van der Waals surface area contributed by atoms with Gasteiger partial charge in [0.15, 0.2) is 0 Å². The van der Waals surface area contributed by atoms with Gasteiger partial charge in [-0.05, 0) is 49.9 Å². The van der Waals surface area contributed by atoms with Gasteiger partial charge in [-0.1, -0.05) is 12.1 Å². The van der Waals surface area contributed by atoms with Crippen LogP contribution < -0.4 is 5.32 Å². The summed E-state index contributed by atoms with van der Waals surface area (Å²) in [6.07, 6.45) is 2.03. The summed E-state index contributed by atoms with van der Waals surface area (Å²) in [7, 11) is 0. The fraction of sp³-hybridized carbons (Fsp3) is 0.421. The molecule has 0 spiro atoms. The van der Waals surface area contributed by atoms with Crippen molar-refractivity contribution in [3.8, 4) is 6.07 Å². The molecule has 0 atom stereocenters. The minimum absolute atomic E-state index is 0.0278. The molecule has 0 saturated carbocycles. The van der Waals surface area contributed by atoms with Gasteiger partial charge in [-0.3, -0.25) is 9.48 Å². The first-order valence-corrected chi connectivity index (χ1v) is 8.42. The lowest BCUT2D eigenvalue weighted by molar-refractivity contribution is -0.121. The Bertz CT molecular complexity index is 776. The summed E-state index contributed by atoms with van der Waals surface area (Å²) in [5, 5.41) is 16.0. The fourth-order valence-electron chi connectivity index (χ4n) is 2.84. The number of carbonyl (C=O) groups excluding carboxylic acids is 1. The number of halogens is 1. The minimum Gasteiger partial charge on any atom is -0.356 e. The molecule has 0 unspecified atom stereocenters. The number of carbonyl (C=O) groups is 1. The number of nitrogens with zero attached hydrogens (tertiary/aromatic N) is 3. The zero-order chi connectivity index (χ0) is 18.2. The van der Waals surface area contributed by atoms with Crippen molar-refractivity contribution in [1.82, 2.24) is 15.1 Å². The highest BCUT2D eigenvalue weighted by atomic mass is 19.1. The van der Waals surface area contributed by atoms with Crippen molar-refractivity contribution in [1.29, 1.82) is 5.26 Å². The number of amides is 1. The maximum absolute atomic E-state index is 13.1. The second-order valence-electron chi connectivity index (χ2n) is 6.01. The number of hydrogen-bond acceptors (Lipinski definition) is 3. The Morgan fingerprint density at radius 2 is 2.16 bits per heavy atom. The Morgan fingerprint density at radius 1 is 1.36 bits per heavy atom. The number of nitrogens with one attached hydrogen (secondary N) is 1. The van der Waals surface area contributed by atoms with E-state index < -0.39 is 0 Å². The molecule has 1 aromatic carbocycles. The van der Waals surface area contributed by atoms with E-state index in [1.807, 2.05) is 24.6 Å². The van der Waals surface area contributed by atoms with Gasteiger partial charge in [-0.2, -0.15) is 10.4 Å². The van der Waals surface area contributed by atoms with E-state index in [9.17, 15) is 9.18 Å². The lowest BCUT2D eigenvalue weighted by Gasteiger charge is -2.06. The Morgan fingerprint density at radius 3 is 2.88 bits per heavy atom. The maximum Gasteiger partial charge on any atom is 0.220 e. The highest BCUT2D eigenvalue weighted by molar-refractivity contribution is 5.76. The first kappa shape index (κ1) is 18.7. The predicted octanol–water partition coefficient (Wildman–Crippen LogP) is 2.84. The van der Waals surface area contributed by atoms with Crippen molar-refractivity contribution < 1.29 is 9.18 Å². The summed E-state index contributed by atoms with van der Waals surface area (Å²) in [5.41, 5.74) is 3.85. The van der Waals surface area contributed by atoms with Crippen LogP contribution in [0, 0.1) is 31.0 Å². The lowest BCUT2D eigenvalue weighted by atomic mass is 10.1. The molecule has 0 aliphatic rings. The average molecular weight is 342 g/mol. The molecule has 1 aromatic heterocycles. The van der Waals surface area contributed by atoms with Crippen molar-refractivity contribution in [3.63, 3.8) is 0 Å². The van der Waals surface area contributed by atoms with Gasteiger partial charge in [0.25, 0.3) is 0 Å². The van der Waals surface area contributed by atoms with Gasteiger partial charge < -0.3 is 5.32 Å². The molecule has 0 aliphatic carbocycles. The third-order valence-corrected chi connectivity index (χ3v) is 4.19. The zero-order valence-corrected chi connectivity index (χ0v) is 14.7. The standard InChI is InChI=1S/C19H23FN4O/c1-14-18(15(2)24(23-14)12-4-10-21)7-8-19(25)22-11-9-16-5-3-6-17(20)13-16/h3,5-6,13H,4,7-9,11-12H2,1-2H3,(H,22,25). The SMILES string of the molecule is Cc1nn(CCC#N)c(C)c1CCC(=O)NCCc1cccc(F)c1. The first-order valence-electron chi connectivity index (χ1n) is 8.42. The molecular weight excluding hydrogens is 319 g/mol. The Kier molecular flexibility index (Phi) is 6.70. The number of aromatic nitrogens is 2. The lowest BCUT2D eigenvalue weighted by Crippen LogP contribution is -2.26. The molecular formula is C19H23FN4O. The second-order valence-corrected chi connectivity index (χ2v) is 6.01. The monoisotopic (exact) mass is 342 g/mol. The van der Waals surface area contributed by atoms with E-state index in [2.05, 4.69) is 16.5 Å². The topological polar surface area (TPSA) is 70.7 Å². The largest absolute Gasteiger partial charge is 0.356 e. The molecule has 0 radical (unpaired) electrons. The molecule has 0 saturated heterocycles. The van der Waals surface area contributed by atoms with Gasteiger partial charge in [0, 0.05) is 18.7 Å². The van der Waals surface area contributed by atoms with E-state index in [1.165, 1.54) is 12.1 Å². The zero-order valence-electron chi connectivity index (χ0n) is 14.7. The fourth-order valence-corrected chi connectivity index (χ4v) is 2.84. The van der Waals surface area contributed by atoms with Crippen molar-refractivity contribution in [2.24, 2.45) is 0 Å². The molecule has 132 valence electrons. The molecule has 0 aliphatic heterocycles. The molecule has 5 nitrogen and oxygen atoms in total. The van der Waals surface area contributed by atoms with Crippen LogP contribution in [0.25, 0.3) is 0 Å². The summed E-state index contributed by atoms with van der Waals surface area (Å²) >= 11 is 0. The Hall–Kier alpha value is -2.68. The van der Waals surface area contributed by atoms with Crippen LogP contribution in [0.1, 0.15) is 35.4 Å². The number of aryl methyl sites for hydroxylation is 2. The minimum atomic E-state index is -0.261. The summed E-state index contributed by atoms with van der Waals surface area (Å²) < 4.78 is 14.9. The van der Waals surface area contributed by atoms with Crippen molar-refractivity contribution in [2.75, 3.05) is 6.54 Å². The van der Waals surface area contributed by atoms with Gasteiger partial charge in [-0.15, -0.1) is 0 Å². The van der Waals surface area contributed by atoms with E-state index in [-0.39, 0.29) is 11.7 Å². The second kappa shape index (κ2) is 8.97. The van der Waals surface area contributed by atoms with E-state index in [4.69, 9.17) is 5.26 Å².